The quantitative estimate of drug-likeness (QED) is 0.655. The van der Waals surface area contributed by atoms with Crippen molar-refractivity contribution in [3.8, 4) is 11.3 Å². The Hall–Kier alpha value is -2.15. The Bertz CT molecular complexity index is 896. The van der Waals surface area contributed by atoms with Crippen LogP contribution < -0.4 is 16.8 Å². The zero-order chi connectivity index (χ0) is 18.1. The zero-order valence-corrected chi connectivity index (χ0v) is 15.3. The number of aromatic nitrogens is 3. The van der Waals surface area contributed by atoms with Gasteiger partial charge < -0.3 is 16.8 Å². The third-order valence-corrected chi connectivity index (χ3v) is 5.28. The molecule has 1 aromatic carbocycles. The molecule has 0 amide bonds. The molecule has 1 saturated carbocycles. The van der Waals surface area contributed by atoms with Crippen LogP contribution in [0, 0.1) is 0 Å². The Labute approximate surface area is 157 Å². The van der Waals surface area contributed by atoms with Gasteiger partial charge in [0.15, 0.2) is 11.5 Å². The van der Waals surface area contributed by atoms with Gasteiger partial charge in [-0.15, -0.1) is 0 Å². The Balaban J connectivity index is 1.70. The number of hydrogen-bond acceptors (Lipinski definition) is 5. The van der Waals surface area contributed by atoms with Crippen molar-refractivity contribution in [2.75, 3.05) is 5.32 Å². The van der Waals surface area contributed by atoms with Crippen LogP contribution in [-0.2, 0) is 6.54 Å². The second-order valence-electron chi connectivity index (χ2n) is 6.88. The van der Waals surface area contributed by atoms with Crippen LogP contribution in [0.25, 0.3) is 16.9 Å². The first-order chi connectivity index (χ1) is 12.6. The molecule has 0 aliphatic heterocycles. The number of hydrogen-bond donors (Lipinski definition) is 3. The van der Waals surface area contributed by atoms with E-state index in [-0.39, 0.29) is 0 Å². The number of anilines is 1. The van der Waals surface area contributed by atoms with Gasteiger partial charge in [-0.1, -0.05) is 23.7 Å². The van der Waals surface area contributed by atoms with Crippen molar-refractivity contribution >= 4 is 23.1 Å². The van der Waals surface area contributed by atoms with Gasteiger partial charge in [-0.2, -0.15) is 0 Å². The molecule has 6 nitrogen and oxygen atoms in total. The standard InChI is InChI=1S/C19H23ClN6/c20-13-3-1-12(2-4-13)17-11-26-16(9-21)10-23-18(19(26)25-17)24-15-7-5-14(22)6-8-15/h1-4,10-11,14-15H,5-9,21-22H2,(H,23,24). The lowest BCUT2D eigenvalue weighted by molar-refractivity contribution is 0.410. The van der Waals surface area contributed by atoms with E-state index in [2.05, 4.69) is 10.3 Å². The molecule has 0 saturated heterocycles. The van der Waals surface area contributed by atoms with Crippen LogP contribution in [-0.4, -0.2) is 26.5 Å². The van der Waals surface area contributed by atoms with E-state index in [1.54, 1.807) is 0 Å². The van der Waals surface area contributed by atoms with Gasteiger partial charge in [-0.3, -0.25) is 4.40 Å². The maximum atomic E-state index is 6.01. The van der Waals surface area contributed by atoms with Crippen LogP contribution in [0.2, 0.25) is 5.02 Å². The summed E-state index contributed by atoms with van der Waals surface area (Å²) in [5, 5.41) is 4.27. The van der Waals surface area contributed by atoms with Gasteiger partial charge >= 0.3 is 0 Å². The summed E-state index contributed by atoms with van der Waals surface area (Å²) in [5.74, 6) is 0.794. The summed E-state index contributed by atoms with van der Waals surface area (Å²) in [6, 6.07) is 8.37. The molecule has 2 heterocycles. The van der Waals surface area contributed by atoms with E-state index in [9.17, 15) is 0 Å². The van der Waals surface area contributed by atoms with Crippen molar-refractivity contribution in [2.24, 2.45) is 11.5 Å². The highest BCUT2D eigenvalue weighted by Crippen LogP contribution is 2.27. The van der Waals surface area contributed by atoms with E-state index in [0.29, 0.717) is 23.7 Å². The SMILES string of the molecule is NCc1cnc(NC2CCC(N)CC2)c2nc(-c3ccc(Cl)cc3)cn12. The predicted octanol–water partition coefficient (Wildman–Crippen LogP) is 3.19. The summed E-state index contributed by atoms with van der Waals surface area (Å²) in [4.78, 5) is 9.40. The van der Waals surface area contributed by atoms with Gasteiger partial charge in [0.25, 0.3) is 0 Å². The molecule has 2 aromatic heterocycles. The lowest BCUT2D eigenvalue weighted by Crippen LogP contribution is -2.33. The fraction of sp³-hybridized carbons (Fsp3) is 0.368. The summed E-state index contributed by atoms with van der Waals surface area (Å²) < 4.78 is 2.02. The summed E-state index contributed by atoms with van der Waals surface area (Å²) in [5.41, 5.74) is 15.5. The van der Waals surface area contributed by atoms with Crippen LogP contribution in [0.5, 0.6) is 0 Å². The number of fused-ring (bicyclic) bond motifs is 1. The number of nitrogens with one attached hydrogen (secondary N) is 1. The number of imidazole rings is 1. The first-order valence-corrected chi connectivity index (χ1v) is 9.37. The van der Waals surface area contributed by atoms with Crippen LogP contribution in [0.15, 0.2) is 36.7 Å². The fourth-order valence-corrected chi connectivity index (χ4v) is 3.62. The molecule has 0 radical (unpaired) electrons. The number of nitrogens with zero attached hydrogens (tertiary/aromatic N) is 3. The van der Waals surface area contributed by atoms with Crippen molar-refractivity contribution in [2.45, 2.75) is 44.3 Å². The van der Waals surface area contributed by atoms with Gasteiger partial charge in [-0.25, -0.2) is 9.97 Å². The highest BCUT2D eigenvalue weighted by molar-refractivity contribution is 6.30. The van der Waals surface area contributed by atoms with E-state index < -0.39 is 0 Å². The van der Waals surface area contributed by atoms with E-state index >= 15 is 0 Å². The van der Waals surface area contributed by atoms with Crippen LogP contribution in [0.4, 0.5) is 5.82 Å². The molecule has 0 atom stereocenters. The molecule has 1 aliphatic rings. The average Bonchev–Trinajstić information content (AvgIpc) is 3.10. The minimum absolute atomic E-state index is 0.323. The molecule has 136 valence electrons. The second-order valence-corrected chi connectivity index (χ2v) is 7.32. The van der Waals surface area contributed by atoms with Crippen LogP contribution >= 0.6 is 11.6 Å². The number of halogens is 1. The molecular weight excluding hydrogens is 348 g/mol. The van der Waals surface area contributed by atoms with E-state index in [4.69, 9.17) is 28.1 Å². The first-order valence-electron chi connectivity index (χ1n) is 8.99. The minimum atomic E-state index is 0.323. The number of rotatable bonds is 4. The Kier molecular flexibility index (Phi) is 4.80. The lowest BCUT2D eigenvalue weighted by Gasteiger charge is -2.27. The fourth-order valence-electron chi connectivity index (χ4n) is 3.49. The molecule has 7 heteroatoms. The molecule has 26 heavy (non-hydrogen) atoms. The highest BCUT2D eigenvalue weighted by atomic mass is 35.5. The van der Waals surface area contributed by atoms with Gasteiger partial charge in [0.05, 0.1) is 17.6 Å². The molecule has 0 bridgehead atoms. The summed E-state index contributed by atoms with van der Waals surface area (Å²) in [7, 11) is 0. The van der Waals surface area contributed by atoms with Gasteiger partial charge in [-0.05, 0) is 37.8 Å². The summed E-state index contributed by atoms with van der Waals surface area (Å²) in [6.45, 7) is 0.401. The third-order valence-electron chi connectivity index (χ3n) is 5.03. The molecule has 4 rings (SSSR count). The molecular formula is C19H23ClN6. The third kappa shape index (κ3) is 3.40. The molecule has 0 spiro atoms. The second kappa shape index (κ2) is 7.23. The largest absolute Gasteiger partial charge is 0.364 e. The average molecular weight is 371 g/mol. The molecule has 3 aromatic rings. The monoisotopic (exact) mass is 370 g/mol. The van der Waals surface area contributed by atoms with Crippen molar-refractivity contribution < 1.29 is 0 Å². The van der Waals surface area contributed by atoms with Crippen molar-refractivity contribution in [1.29, 1.82) is 0 Å². The Morgan fingerprint density at radius 1 is 1.15 bits per heavy atom. The Morgan fingerprint density at radius 3 is 2.58 bits per heavy atom. The maximum Gasteiger partial charge on any atom is 0.180 e. The number of benzene rings is 1. The first kappa shape index (κ1) is 17.3. The maximum absolute atomic E-state index is 6.01. The summed E-state index contributed by atoms with van der Waals surface area (Å²) >= 11 is 6.00. The van der Waals surface area contributed by atoms with Gasteiger partial charge in [0.2, 0.25) is 0 Å². The van der Waals surface area contributed by atoms with Crippen molar-refractivity contribution in [3.63, 3.8) is 0 Å². The van der Waals surface area contributed by atoms with Crippen molar-refractivity contribution in [3.05, 3.63) is 47.4 Å². The smallest absolute Gasteiger partial charge is 0.180 e. The van der Waals surface area contributed by atoms with E-state index in [1.807, 2.05) is 41.1 Å². The molecule has 1 fully saturated rings. The summed E-state index contributed by atoms with van der Waals surface area (Å²) in [6.07, 6.45) is 8.01. The predicted molar refractivity (Wildman–Crippen MR) is 105 cm³/mol. The molecule has 5 N–H and O–H groups in total. The molecule has 0 unspecified atom stereocenters. The van der Waals surface area contributed by atoms with Gasteiger partial charge in [0, 0.05) is 35.4 Å². The Morgan fingerprint density at radius 2 is 1.88 bits per heavy atom. The van der Waals surface area contributed by atoms with Gasteiger partial charge in [0.1, 0.15) is 0 Å². The van der Waals surface area contributed by atoms with E-state index in [1.165, 1.54) is 0 Å². The van der Waals surface area contributed by atoms with Crippen molar-refractivity contribution in [1.82, 2.24) is 14.4 Å². The molecule has 1 aliphatic carbocycles. The van der Waals surface area contributed by atoms with Crippen LogP contribution in [0.1, 0.15) is 31.4 Å². The van der Waals surface area contributed by atoms with E-state index in [0.717, 1.165) is 54.1 Å². The zero-order valence-electron chi connectivity index (χ0n) is 14.5. The highest BCUT2D eigenvalue weighted by Gasteiger charge is 2.20. The van der Waals surface area contributed by atoms with Crippen LogP contribution in [0.3, 0.4) is 0 Å². The number of nitrogens with two attached hydrogens (primary N) is 2. The minimum Gasteiger partial charge on any atom is -0.364 e. The normalized spacial score (nSPS) is 20.4. The topological polar surface area (TPSA) is 94.3 Å². The lowest BCUT2D eigenvalue weighted by atomic mass is 9.92.